The van der Waals surface area contributed by atoms with Crippen LogP contribution in [0.2, 0.25) is 0 Å². The van der Waals surface area contributed by atoms with Gasteiger partial charge in [-0.05, 0) is 36.1 Å². The number of methoxy groups -OCH3 is 1. The van der Waals surface area contributed by atoms with Crippen molar-refractivity contribution in [3.05, 3.63) is 48.5 Å². The van der Waals surface area contributed by atoms with E-state index in [2.05, 4.69) is 10.6 Å². The minimum absolute atomic E-state index is 0.00613. The number of amides is 2. The Kier molecular flexibility index (Phi) is 4.32. The summed E-state index contributed by atoms with van der Waals surface area (Å²) in [6.45, 7) is 2.77. The number of urea groups is 1. The Morgan fingerprint density at radius 3 is 2.96 bits per heavy atom. The monoisotopic (exact) mass is 337 g/mol. The lowest BCUT2D eigenvalue weighted by Gasteiger charge is -2.24. The molecule has 0 bridgehead atoms. The molecule has 2 aromatic rings. The minimum atomic E-state index is -0.00613. The van der Waals surface area contributed by atoms with Crippen LogP contribution in [0, 0.1) is 5.92 Å². The molecule has 0 aliphatic carbocycles. The lowest BCUT2D eigenvalue weighted by molar-refractivity contribution is 0.206. The minimum Gasteiger partial charge on any atom is -0.496 e. The van der Waals surface area contributed by atoms with Gasteiger partial charge < -0.3 is 20.3 Å². The first-order valence-corrected chi connectivity index (χ1v) is 8.78. The lowest BCUT2D eigenvalue weighted by atomic mass is 10.0. The highest BCUT2D eigenvalue weighted by Crippen LogP contribution is 2.32. The molecule has 2 N–H and O–H groups in total. The Labute approximate surface area is 148 Å². The van der Waals surface area contributed by atoms with Crippen LogP contribution in [-0.4, -0.2) is 43.7 Å². The molecular weight excluding hydrogens is 314 g/mol. The number of hydrogen-bond donors (Lipinski definition) is 2. The van der Waals surface area contributed by atoms with Gasteiger partial charge in [0.2, 0.25) is 0 Å². The topological polar surface area (TPSA) is 53.6 Å². The van der Waals surface area contributed by atoms with E-state index < -0.39 is 0 Å². The van der Waals surface area contributed by atoms with Crippen molar-refractivity contribution < 1.29 is 9.53 Å². The van der Waals surface area contributed by atoms with Gasteiger partial charge in [0.1, 0.15) is 5.75 Å². The Hall–Kier alpha value is -2.53. The number of hydrogen-bond acceptors (Lipinski definition) is 3. The van der Waals surface area contributed by atoms with Crippen LogP contribution in [-0.2, 0) is 0 Å². The average Bonchev–Trinajstić information content (AvgIpc) is 3.25. The van der Waals surface area contributed by atoms with Crippen molar-refractivity contribution >= 4 is 11.7 Å². The van der Waals surface area contributed by atoms with E-state index in [0.29, 0.717) is 12.0 Å². The zero-order valence-electron chi connectivity index (χ0n) is 14.4. The van der Waals surface area contributed by atoms with E-state index >= 15 is 0 Å². The number of nitrogens with zero attached hydrogens (tertiary/aromatic N) is 1. The van der Waals surface area contributed by atoms with Gasteiger partial charge in [0.25, 0.3) is 0 Å². The lowest BCUT2D eigenvalue weighted by Crippen LogP contribution is -2.41. The molecule has 2 fully saturated rings. The van der Waals surface area contributed by atoms with Crippen molar-refractivity contribution in [1.82, 2.24) is 10.2 Å². The van der Waals surface area contributed by atoms with Gasteiger partial charge in [-0.25, -0.2) is 4.79 Å². The predicted molar refractivity (Wildman–Crippen MR) is 98.9 cm³/mol. The second kappa shape index (κ2) is 6.76. The first-order chi connectivity index (χ1) is 12.3. The maximum Gasteiger partial charge on any atom is 0.322 e. The van der Waals surface area contributed by atoms with Crippen LogP contribution in [0.15, 0.2) is 48.5 Å². The molecule has 2 saturated heterocycles. The largest absolute Gasteiger partial charge is 0.496 e. The van der Waals surface area contributed by atoms with Crippen molar-refractivity contribution in [3.63, 3.8) is 0 Å². The molecule has 2 amide bonds. The molecule has 0 aromatic heterocycles. The Balaban J connectivity index is 1.53. The maximum atomic E-state index is 12.7. The number of ether oxygens (including phenoxy) is 1. The van der Waals surface area contributed by atoms with Gasteiger partial charge >= 0.3 is 6.03 Å². The van der Waals surface area contributed by atoms with E-state index in [-0.39, 0.29) is 6.03 Å². The number of benzene rings is 2. The van der Waals surface area contributed by atoms with E-state index in [9.17, 15) is 4.79 Å². The molecule has 0 saturated carbocycles. The summed E-state index contributed by atoms with van der Waals surface area (Å²) in [5.74, 6) is 1.43. The third-order valence-electron chi connectivity index (χ3n) is 5.24. The molecule has 2 heterocycles. The van der Waals surface area contributed by atoms with Crippen LogP contribution in [0.4, 0.5) is 10.5 Å². The van der Waals surface area contributed by atoms with Crippen LogP contribution >= 0.6 is 0 Å². The summed E-state index contributed by atoms with van der Waals surface area (Å²) in [6.07, 6.45) is 1.09. The van der Waals surface area contributed by atoms with Crippen LogP contribution < -0.4 is 15.4 Å². The third kappa shape index (κ3) is 3.07. The zero-order chi connectivity index (χ0) is 17.2. The standard InChI is InChI=1S/C20H23N3O2/c1-25-19-8-3-2-7-17(19)14-5-4-6-16(11-14)22-20(24)23-10-9-15-12-21-13-18(15)23/h2-8,11,15,18,21H,9-10,12-13H2,1H3,(H,22,24)/t15-,18+/m1/s1. The molecule has 5 heteroatoms. The van der Waals surface area contributed by atoms with E-state index in [0.717, 1.165) is 48.6 Å². The SMILES string of the molecule is COc1ccccc1-c1cccc(NC(=O)N2CC[C@@H]3CNC[C@@H]32)c1. The van der Waals surface area contributed by atoms with Crippen LogP contribution in [0.25, 0.3) is 11.1 Å². The van der Waals surface area contributed by atoms with Crippen molar-refractivity contribution in [2.75, 3.05) is 32.1 Å². The summed E-state index contributed by atoms with van der Waals surface area (Å²) in [5.41, 5.74) is 2.85. The number of carbonyl (C=O) groups excluding carboxylic acids is 1. The highest BCUT2D eigenvalue weighted by Gasteiger charge is 2.39. The first-order valence-electron chi connectivity index (χ1n) is 8.78. The summed E-state index contributed by atoms with van der Waals surface area (Å²) in [5, 5.41) is 6.44. The van der Waals surface area contributed by atoms with Gasteiger partial charge in [0.05, 0.1) is 7.11 Å². The zero-order valence-corrected chi connectivity index (χ0v) is 14.4. The number of rotatable bonds is 3. The molecule has 2 aromatic carbocycles. The third-order valence-corrected chi connectivity index (χ3v) is 5.24. The predicted octanol–water partition coefficient (Wildman–Crippen LogP) is 3.19. The number of nitrogens with one attached hydrogen (secondary N) is 2. The highest BCUT2D eigenvalue weighted by molar-refractivity contribution is 5.91. The van der Waals surface area contributed by atoms with Crippen molar-refractivity contribution in [3.8, 4) is 16.9 Å². The fourth-order valence-corrected chi connectivity index (χ4v) is 3.94. The van der Waals surface area contributed by atoms with Gasteiger partial charge in [0, 0.05) is 36.9 Å². The van der Waals surface area contributed by atoms with Gasteiger partial charge in [-0.15, -0.1) is 0 Å². The van der Waals surface area contributed by atoms with Crippen LogP contribution in [0.3, 0.4) is 0 Å². The van der Waals surface area contributed by atoms with Gasteiger partial charge in [-0.2, -0.15) is 0 Å². The summed E-state index contributed by atoms with van der Waals surface area (Å²) < 4.78 is 5.45. The second-order valence-corrected chi connectivity index (χ2v) is 6.68. The molecule has 2 aliphatic heterocycles. The summed E-state index contributed by atoms with van der Waals surface area (Å²) in [6, 6.07) is 16.1. The molecule has 25 heavy (non-hydrogen) atoms. The smallest absolute Gasteiger partial charge is 0.322 e. The molecule has 4 rings (SSSR count). The molecule has 0 spiro atoms. The van der Waals surface area contributed by atoms with E-state index in [1.807, 2.05) is 53.4 Å². The fraction of sp³-hybridized carbons (Fsp3) is 0.350. The summed E-state index contributed by atoms with van der Waals surface area (Å²) in [7, 11) is 1.67. The van der Waals surface area contributed by atoms with Crippen LogP contribution in [0.1, 0.15) is 6.42 Å². The molecule has 2 atom stereocenters. The van der Waals surface area contributed by atoms with Crippen molar-refractivity contribution in [1.29, 1.82) is 0 Å². The van der Waals surface area contributed by atoms with Gasteiger partial charge in [-0.1, -0.05) is 30.3 Å². The molecule has 130 valence electrons. The van der Waals surface area contributed by atoms with E-state index in [1.165, 1.54) is 0 Å². The van der Waals surface area contributed by atoms with Crippen LogP contribution in [0.5, 0.6) is 5.75 Å². The van der Waals surface area contributed by atoms with Gasteiger partial charge in [0.15, 0.2) is 0 Å². The quantitative estimate of drug-likeness (QED) is 0.904. The van der Waals surface area contributed by atoms with Crippen molar-refractivity contribution in [2.45, 2.75) is 12.5 Å². The number of carbonyl (C=O) groups is 1. The Morgan fingerprint density at radius 1 is 1.20 bits per heavy atom. The maximum absolute atomic E-state index is 12.7. The molecule has 0 radical (unpaired) electrons. The van der Waals surface area contributed by atoms with E-state index in [4.69, 9.17) is 4.74 Å². The summed E-state index contributed by atoms with van der Waals surface area (Å²) in [4.78, 5) is 14.7. The van der Waals surface area contributed by atoms with Crippen molar-refractivity contribution in [2.24, 2.45) is 5.92 Å². The summed E-state index contributed by atoms with van der Waals surface area (Å²) >= 11 is 0. The average molecular weight is 337 g/mol. The van der Waals surface area contributed by atoms with Gasteiger partial charge in [-0.3, -0.25) is 0 Å². The van der Waals surface area contributed by atoms with E-state index in [1.54, 1.807) is 7.11 Å². The molecular formula is C20H23N3O2. The number of fused-ring (bicyclic) bond motifs is 1. The second-order valence-electron chi connectivity index (χ2n) is 6.68. The fourth-order valence-electron chi connectivity index (χ4n) is 3.94. The Bertz CT molecular complexity index is 777. The number of likely N-dealkylation sites (tertiary alicyclic amines) is 1. The Morgan fingerprint density at radius 2 is 2.08 bits per heavy atom. The molecule has 0 unspecified atom stereocenters. The highest BCUT2D eigenvalue weighted by atomic mass is 16.5. The molecule has 2 aliphatic rings. The normalized spacial score (nSPS) is 21.9. The number of para-hydroxylation sites is 1. The first kappa shape index (κ1) is 16.0. The number of anilines is 1. The molecule has 5 nitrogen and oxygen atoms in total.